The van der Waals surface area contributed by atoms with Gasteiger partial charge < -0.3 is 4.74 Å². The fourth-order valence-electron chi connectivity index (χ4n) is 2.22. The average Bonchev–Trinajstić information content (AvgIpc) is 2.08. The monoisotopic (exact) mass is 196 g/mol. The van der Waals surface area contributed by atoms with E-state index in [1.54, 1.807) is 0 Å². The number of hydrogen-bond acceptors (Lipinski definition) is 1. The quantitative estimate of drug-likeness (QED) is 0.621. The summed E-state index contributed by atoms with van der Waals surface area (Å²) in [6.45, 7) is 8.68. The highest BCUT2D eigenvalue weighted by atomic mass is 16.5. The average molecular weight is 196 g/mol. The van der Waals surface area contributed by atoms with E-state index in [9.17, 15) is 0 Å². The number of hydrogen-bond donors (Lipinski definition) is 0. The van der Waals surface area contributed by atoms with E-state index in [0.717, 1.165) is 5.92 Å². The molecule has 0 spiro atoms. The Bertz CT molecular complexity index is 185. The zero-order valence-electron chi connectivity index (χ0n) is 10.0. The van der Waals surface area contributed by atoms with E-state index in [4.69, 9.17) is 4.74 Å². The molecule has 0 saturated heterocycles. The first kappa shape index (κ1) is 11.8. The molecule has 0 aromatic heterocycles. The van der Waals surface area contributed by atoms with Crippen molar-refractivity contribution in [1.29, 1.82) is 0 Å². The topological polar surface area (TPSA) is 9.23 Å². The largest absolute Gasteiger partial charge is 0.368 e. The van der Waals surface area contributed by atoms with Crippen molar-refractivity contribution in [3.05, 3.63) is 12.2 Å². The molecule has 14 heavy (non-hydrogen) atoms. The van der Waals surface area contributed by atoms with Gasteiger partial charge in [-0.3, -0.25) is 0 Å². The zero-order valence-corrected chi connectivity index (χ0v) is 10.0. The lowest BCUT2D eigenvalue weighted by molar-refractivity contribution is -0.0611. The minimum atomic E-state index is -0.0833. The van der Waals surface area contributed by atoms with Crippen LogP contribution in [0.25, 0.3) is 0 Å². The van der Waals surface area contributed by atoms with E-state index in [1.807, 2.05) is 6.92 Å². The third kappa shape index (κ3) is 3.83. The summed E-state index contributed by atoms with van der Waals surface area (Å²) in [5, 5.41) is 0. The fraction of sp³-hybridized carbons (Fsp3) is 0.846. The van der Waals surface area contributed by atoms with Crippen LogP contribution in [0.5, 0.6) is 0 Å². The highest BCUT2D eigenvalue weighted by Crippen LogP contribution is 2.28. The normalized spacial score (nSPS) is 29.7. The van der Waals surface area contributed by atoms with Gasteiger partial charge in [-0.2, -0.15) is 0 Å². The maximum atomic E-state index is 6.08. The molecular formula is C13H24O. The van der Waals surface area contributed by atoms with Crippen LogP contribution in [0.3, 0.4) is 0 Å². The lowest BCUT2D eigenvalue weighted by Crippen LogP contribution is -2.31. The van der Waals surface area contributed by atoms with Crippen LogP contribution < -0.4 is 0 Å². The first-order valence-corrected chi connectivity index (χ1v) is 5.85. The Morgan fingerprint density at radius 2 is 1.71 bits per heavy atom. The van der Waals surface area contributed by atoms with Crippen LogP contribution in [0, 0.1) is 5.92 Å². The summed E-state index contributed by atoms with van der Waals surface area (Å²) in [5.74, 6) is 0.902. The summed E-state index contributed by atoms with van der Waals surface area (Å²) in [6.07, 6.45) is 9.84. The number of allylic oxidation sites excluding steroid dienone is 1. The molecular weight excluding hydrogens is 172 g/mol. The fourth-order valence-corrected chi connectivity index (χ4v) is 2.22. The van der Waals surface area contributed by atoms with Gasteiger partial charge in [0.15, 0.2) is 0 Å². The predicted octanol–water partition coefficient (Wildman–Crippen LogP) is 3.94. The van der Waals surface area contributed by atoms with Crippen LogP contribution in [-0.2, 0) is 4.74 Å². The SMILES string of the molecule is CC=CC(C)(C)OC1CCC(C)CC1. The van der Waals surface area contributed by atoms with Crippen LogP contribution in [0.4, 0.5) is 0 Å². The van der Waals surface area contributed by atoms with Crippen LogP contribution >= 0.6 is 0 Å². The Hall–Kier alpha value is -0.300. The summed E-state index contributed by atoms with van der Waals surface area (Å²) in [6, 6.07) is 0. The van der Waals surface area contributed by atoms with E-state index < -0.39 is 0 Å². The van der Waals surface area contributed by atoms with Crippen LogP contribution in [-0.4, -0.2) is 11.7 Å². The van der Waals surface area contributed by atoms with Crippen molar-refractivity contribution in [2.24, 2.45) is 5.92 Å². The first-order chi connectivity index (χ1) is 6.53. The van der Waals surface area contributed by atoms with E-state index in [2.05, 4.69) is 32.9 Å². The molecule has 0 heterocycles. The van der Waals surface area contributed by atoms with Gasteiger partial charge in [-0.15, -0.1) is 0 Å². The summed E-state index contributed by atoms with van der Waals surface area (Å²) in [7, 11) is 0. The van der Waals surface area contributed by atoms with Gasteiger partial charge >= 0.3 is 0 Å². The van der Waals surface area contributed by atoms with E-state index in [1.165, 1.54) is 25.7 Å². The van der Waals surface area contributed by atoms with Gasteiger partial charge in [0.2, 0.25) is 0 Å². The van der Waals surface area contributed by atoms with Crippen LogP contribution in [0.15, 0.2) is 12.2 Å². The smallest absolute Gasteiger partial charge is 0.0810 e. The molecule has 0 radical (unpaired) electrons. The van der Waals surface area contributed by atoms with Crippen molar-refractivity contribution in [1.82, 2.24) is 0 Å². The van der Waals surface area contributed by atoms with Crippen molar-refractivity contribution in [3.63, 3.8) is 0 Å². The van der Waals surface area contributed by atoms with E-state index in [0.29, 0.717) is 6.10 Å². The first-order valence-electron chi connectivity index (χ1n) is 5.85. The van der Waals surface area contributed by atoms with Crippen LogP contribution in [0.1, 0.15) is 53.4 Å². The predicted molar refractivity (Wildman–Crippen MR) is 61.4 cm³/mol. The molecule has 1 rings (SSSR count). The highest BCUT2D eigenvalue weighted by molar-refractivity contribution is 4.95. The van der Waals surface area contributed by atoms with Gasteiger partial charge in [-0.25, -0.2) is 0 Å². The van der Waals surface area contributed by atoms with Gasteiger partial charge in [0.05, 0.1) is 11.7 Å². The minimum Gasteiger partial charge on any atom is -0.368 e. The second-order valence-corrected chi connectivity index (χ2v) is 5.10. The van der Waals surface area contributed by atoms with Crippen LogP contribution in [0.2, 0.25) is 0 Å². The minimum absolute atomic E-state index is 0.0833. The van der Waals surface area contributed by atoms with Crippen molar-refractivity contribution in [3.8, 4) is 0 Å². The third-order valence-corrected chi connectivity index (χ3v) is 3.00. The third-order valence-electron chi connectivity index (χ3n) is 3.00. The molecule has 1 aliphatic carbocycles. The Morgan fingerprint density at radius 3 is 2.21 bits per heavy atom. The highest BCUT2D eigenvalue weighted by Gasteiger charge is 2.24. The maximum absolute atomic E-state index is 6.08. The summed E-state index contributed by atoms with van der Waals surface area (Å²) >= 11 is 0. The molecule has 1 nitrogen and oxygen atoms in total. The standard InChI is InChI=1S/C13H24O/c1-5-10-13(3,4)14-12-8-6-11(2)7-9-12/h5,10-12H,6-9H2,1-4H3. The Balaban J connectivity index is 2.37. The van der Waals surface area contributed by atoms with Crippen molar-refractivity contribution in [2.45, 2.75) is 65.1 Å². The Kier molecular flexibility index (Phi) is 4.18. The second kappa shape index (κ2) is 4.97. The molecule has 1 fully saturated rings. The molecule has 1 saturated carbocycles. The zero-order chi connectivity index (χ0) is 10.6. The van der Waals surface area contributed by atoms with Gasteiger partial charge in [-0.1, -0.05) is 19.1 Å². The maximum Gasteiger partial charge on any atom is 0.0810 e. The molecule has 0 N–H and O–H groups in total. The Labute approximate surface area is 88.5 Å². The number of ether oxygens (including phenoxy) is 1. The van der Waals surface area contributed by atoms with Gasteiger partial charge in [-0.05, 0) is 52.4 Å². The molecule has 1 aliphatic rings. The molecule has 0 atom stereocenters. The summed E-state index contributed by atoms with van der Waals surface area (Å²) in [5.41, 5.74) is -0.0833. The van der Waals surface area contributed by atoms with E-state index >= 15 is 0 Å². The van der Waals surface area contributed by atoms with E-state index in [-0.39, 0.29) is 5.60 Å². The van der Waals surface area contributed by atoms with Gasteiger partial charge in [0.25, 0.3) is 0 Å². The second-order valence-electron chi connectivity index (χ2n) is 5.10. The lowest BCUT2D eigenvalue weighted by Gasteiger charge is -2.32. The van der Waals surface area contributed by atoms with Gasteiger partial charge in [0.1, 0.15) is 0 Å². The summed E-state index contributed by atoms with van der Waals surface area (Å²) < 4.78 is 6.08. The molecule has 0 aromatic rings. The lowest BCUT2D eigenvalue weighted by atomic mass is 9.88. The molecule has 0 bridgehead atoms. The van der Waals surface area contributed by atoms with Crippen molar-refractivity contribution < 1.29 is 4.74 Å². The molecule has 82 valence electrons. The molecule has 0 unspecified atom stereocenters. The molecule has 0 aliphatic heterocycles. The Morgan fingerprint density at radius 1 is 1.14 bits per heavy atom. The van der Waals surface area contributed by atoms with Crippen molar-refractivity contribution >= 4 is 0 Å². The summed E-state index contributed by atoms with van der Waals surface area (Å²) in [4.78, 5) is 0. The molecule has 0 amide bonds. The van der Waals surface area contributed by atoms with Gasteiger partial charge in [0, 0.05) is 0 Å². The molecule has 0 aromatic carbocycles. The molecule has 1 heteroatoms. The van der Waals surface area contributed by atoms with Crippen molar-refractivity contribution in [2.75, 3.05) is 0 Å². The number of rotatable bonds is 3.